The first-order valence-electron chi connectivity index (χ1n) is 4.68. The molecule has 0 aliphatic heterocycles. The molecule has 0 unspecified atom stereocenters. The zero-order valence-electron chi connectivity index (χ0n) is 8.12. The van der Waals surface area contributed by atoms with Gasteiger partial charge in [-0.25, -0.2) is 0 Å². The molecule has 1 aromatic rings. The second-order valence-electron chi connectivity index (χ2n) is 3.26. The molecule has 4 N–H and O–H groups in total. The Morgan fingerprint density at radius 1 is 1.60 bits per heavy atom. The van der Waals surface area contributed by atoms with Crippen LogP contribution in [0.25, 0.3) is 0 Å². The molecule has 0 radical (unpaired) electrons. The summed E-state index contributed by atoms with van der Waals surface area (Å²) in [6.45, 7) is 0. The smallest absolute Gasteiger partial charge is 0.172 e. The number of nitriles is 1. The number of aromatic nitrogens is 2. The topological polar surface area (TPSA) is 90.5 Å². The molecule has 0 saturated carbocycles. The van der Waals surface area contributed by atoms with Crippen LogP contribution < -0.4 is 11.1 Å². The largest absolute Gasteiger partial charge is 0.383 e. The van der Waals surface area contributed by atoms with E-state index in [1.54, 1.807) is 0 Å². The summed E-state index contributed by atoms with van der Waals surface area (Å²) in [5, 5.41) is 18.4. The first kappa shape index (κ1) is 9.34. The minimum Gasteiger partial charge on any atom is -0.383 e. The Morgan fingerprint density at radius 3 is 3.13 bits per heavy atom. The highest BCUT2D eigenvalue weighted by molar-refractivity contribution is 5.64. The highest BCUT2D eigenvalue weighted by atomic mass is 15.2. The Kier molecular flexibility index (Phi) is 2.42. The average molecular weight is 201 g/mol. The average Bonchev–Trinajstić information content (AvgIpc) is 2.61. The molecule has 76 valence electrons. The minimum atomic E-state index is 0.298. The van der Waals surface area contributed by atoms with Crippen LogP contribution in [0.5, 0.6) is 0 Å². The number of nitrogen functional groups attached to an aromatic ring is 1. The monoisotopic (exact) mass is 201 g/mol. The quantitative estimate of drug-likeness (QED) is 0.676. The fourth-order valence-corrected chi connectivity index (χ4v) is 1.42. The summed E-state index contributed by atoms with van der Waals surface area (Å²) in [5.41, 5.74) is 6.95. The van der Waals surface area contributed by atoms with Crippen LogP contribution in [0.1, 0.15) is 18.4 Å². The first-order valence-corrected chi connectivity index (χ1v) is 4.68. The fraction of sp³-hybridized carbons (Fsp3) is 0.200. The molecule has 2 rings (SSSR count). The van der Waals surface area contributed by atoms with Crippen LogP contribution in [0.3, 0.4) is 0 Å². The van der Waals surface area contributed by atoms with Crippen LogP contribution in [0, 0.1) is 11.3 Å². The van der Waals surface area contributed by atoms with Crippen molar-refractivity contribution in [2.75, 3.05) is 11.1 Å². The Bertz CT molecular complexity index is 461. The third-order valence-corrected chi connectivity index (χ3v) is 2.20. The van der Waals surface area contributed by atoms with Gasteiger partial charge in [-0.3, -0.25) is 5.10 Å². The molecule has 5 nitrogen and oxygen atoms in total. The summed E-state index contributed by atoms with van der Waals surface area (Å²) in [6.07, 6.45) is 7.97. The van der Waals surface area contributed by atoms with Crippen molar-refractivity contribution in [3.8, 4) is 6.07 Å². The van der Waals surface area contributed by atoms with Gasteiger partial charge >= 0.3 is 0 Å². The molecular weight excluding hydrogens is 190 g/mol. The minimum absolute atomic E-state index is 0.298. The second kappa shape index (κ2) is 3.88. The first-order chi connectivity index (χ1) is 7.31. The van der Waals surface area contributed by atoms with Gasteiger partial charge in [-0.15, -0.1) is 0 Å². The second-order valence-corrected chi connectivity index (χ2v) is 3.26. The van der Waals surface area contributed by atoms with Crippen LogP contribution in [0.15, 0.2) is 23.9 Å². The van der Waals surface area contributed by atoms with Crippen molar-refractivity contribution in [1.29, 1.82) is 5.26 Å². The highest BCUT2D eigenvalue weighted by Gasteiger charge is 2.11. The van der Waals surface area contributed by atoms with Crippen LogP contribution in [0.2, 0.25) is 0 Å². The zero-order valence-corrected chi connectivity index (χ0v) is 8.12. The lowest BCUT2D eigenvalue weighted by atomic mass is 10.1. The van der Waals surface area contributed by atoms with Gasteiger partial charge in [-0.2, -0.15) is 10.4 Å². The number of nitrogens with zero attached hydrogens (tertiary/aromatic N) is 2. The number of anilines is 2. The van der Waals surface area contributed by atoms with Gasteiger partial charge in [0.15, 0.2) is 5.82 Å². The van der Waals surface area contributed by atoms with E-state index in [0.717, 1.165) is 18.5 Å². The summed E-state index contributed by atoms with van der Waals surface area (Å²) in [7, 11) is 0. The van der Waals surface area contributed by atoms with E-state index in [2.05, 4.69) is 21.6 Å². The maximum atomic E-state index is 8.85. The fourth-order valence-electron chi connectivity index (χ4n) is 1.42. The van der Waals surface area contributed by atoms with E-state index in [9.17, 15) is 0 Å². The summed E-state index contributed by atoms with van der Waals surface area (Å²) < 4.78 is 0. The van der Waals surface area contributed by atoms with Crippen LogP contribution in [0.4, 0.5) is 11.6 Å². The summed E-state index contributed by atoms with van der Waals surface area (Å²) >= 11 is 0. The number of allylic oxidation sites excluding steroid dienone is 4. The van der Waals surface area contributed by atoms with E-state index in [1.807, 2.05) is 18.2 Å². The van der Waals surface area contributed by atoms with Crippen LogP contribution >= 0.6 is 0 Å². The van der Waals surface area contributed by atoms with Crippen LogP contribution in [-0.2, 0) is 0 Å². The highest BCUT2D eigenvalue weighted by Crippen LogP contribution is 2.21. The SMILES string of the molecule is N#Cc1c(NC2=CC=CCC2)n[nH]c1N. The van der Waals surface area contributed by atoms with E-state index in [-0.39, 0.29) is 0 Å². The van der Waals surface area contributed by atoms with Crippen molar-refractivity contribution in [3.63, 3.8) is 0 Å². The van der Waals surface area contributed by atoms with E-state index in [1.165, 1.54) is 0 Å². The Balaban J connectivity index is 2.21. The molecule has 0 amide bonds. The third kappa shape index (κ3) is 1.83. The number of H-pyrrole nitrogens is 1. The molecule has 0 saturated heterocycles. The molecule has 0 atom stereocenters. The normalized spacial score (nSPS) is 14.5. The Hall–Kier alpha value is -2.22. The predicted molar refractivity (Wildman–Crippen MR) is 57.8 cm³/mol. The van der Waals surface area contributed by atoms with Gasteiger partial charge in [-0.05, 0) is 18.9 Å². The number of aromatic amines is 1. The molecular formula is C10H11N5. The van der Waals surface area contributed by atoms with Gasteiger partial charge in [0.25, 0.3) is 0 Å². The van der Waals surface area contributed by atoms with Gasteiger partial charge in [0.05, 0.1) is 0 Å². The molecule has 5 heteroatoms. The number of nitrogens with one attached hydrogen (secondary N) is 2. The van der Waals surface area contributed by atoms with Crippen LogP contribution in [-0.4, -0.2) is 10.2 Å². The van der Waals surface area contributed by atoms with Crippen molar-refractivity contribution >= 4 is 11.6 Å². The van der Waals surface area contributed by atoms with Gasteiger partial charge in [0, 0.05) is 5.70 Å². The summed E-state index contributed by atoms with van der Waals surface area (Å²) in [4.78, 5) is 0. The predicted octanol–water partition coefficient (Wildman–Crippen LogP) is 1.51. The van der Waals surface area contributed by atoms with Gasteiger partial charge in [0.2, 0.25) is 0 Å². The third-order valence-electron chi connectivity index (χ3n) is 2.20. The lowest BCUT2D eigenvalue weighted by Gasteiger charge is -2.09. The van der Waals surface area contributed by atoms with Crippen molar-refractivity contribution in [3.05, 3.63) is 29.5 Å². The number of hydrogen-bond donors (Lipinski definition) is 3. The molecule has 0 fully saturated rings. The zero-order chi connectivity index (χ0) is 10.7. The van der Waals surface area contributed by atoms with Crippen molar-refractivity contribution in [2.24, 2.45) is 0 Å². The molecule has 0 aromatic carbocycles. The standard InChI is InChI=1S/C10H11N5/c11-6-8-9(12)14-15-10(8)13-7-4-2-1-3-5-7/h1-2,4H,3,5H2,(H4,12,13,14,15). The Morgan fingerprint density at radius 2 is 2.47 bits per heavy atom. The molecule has 0 bridgehead atoms. The van der Waals surface area contributed by atoms with E-state index < -0.39 is 0 Å². The Labute approximate surface area is 87.3 Å². The summed E-state index contributed by atoms with van der Waals surface area (Å²) in [6, 6.07) is 2.01. The van der Waals surface area contributed by atoms with E-state index >= 15 is 0 Å². The maximum Gasteiger partial charge on any atom is 0.172 e. The molecule has 15 heavy (non-hydrogen) atoms. The molecule has 1 heterocycles. The lowest BCUT2D eigenvalue weighted by Crippen LogP contribution is -2.02. The molecule has 1 aliphatic rings. The maximum absolute atomic E-state index is 8.85. The van der Waals surface area contributed by atoms with Crippen molar-refractivity contribution in [1.82, 2.24) is 10.2 Å². The van der Waals surface area contributed by atoms with Crippen molar-refractivity contribution < 1.29 is 0 Å². The lowest BCUT2D eigenvalue weighted by molar-refractivity contribution is 0.958. The van der Waals surface area contributed by atoms with Gasteiger partial charge < -0.3 is 11.1 Å². The number of nitrogens with two attached hydrogens (primary N) is 1. The molecule has 1 aliphatic carbocycles. The van der Waals surface area contributed by atoms with Crippen molar-refractivity contribution in [2.45, 2.75) is 12.8 Å². The number of hydrogen-bond acceptors (Lipinski definition) is 4. The van der Waals surface area contributed by atoms with Gasteiger partial charge in [0.1, 0.15) is 17.5 Å². The van der Waals surface area contributed by atoms with E-state index in [4.69, 9.17) is 11.0 Å². The molecule has 0 spiro atoms. The van der Waals surface area contributed by atoms with E-state index in [0.29, 0.717) is 17.2 Å². The van der Waals surface area contributed by atoms with Gasteiger partial charge in [-0.1, -0.05) is 12.2 Å². The summed E-state index contributed by atoms with van der Waals surface area (Å²) in [5.74, 6) is 0.795. The molecule has 1 aromatic heterocycles. The number of rotatable bonds is 2.